The number of rotatable bonds is 8. The molecule has 0 aliphatic carbocycles. The second-order valence-electron chi connectivity index (χ2n) is 5.03. The first-order valence-electron chi connectivity index (χ1n) is 6.78. The number of amides is 1. The van der Waals surface area contributed by atoms with Crippen molar-refractivity contribution < 1.29 is 14.3 Å². The van der Waals surface area contributed by atoms with Gasteiger partial charge in [-0.1, -0.05) is 19.9 Å². The SMILES string of the molecule is C=C(C)C(=O)NC(CCC)=C(C)C(=O)OCCN(C)C. The van der Waals surface area contributed by atoms with Gasteiger partial charge in [0.25, 0.3) is 0 Å². The molecule has 0 saturated carbocycles. The third-order valence-corrected chi connectivity index (χ3v) is 2.68. The maximum atomic E-state index is 11.9. The highest BCUT2D eigenvalue weighted by atomic mass is 16.5. The highest BCUT2D eigenvalue weighted by Crippen LogP contribution is 2.10. The predicted molar refractivity (Wildman–Crippen MR) is 80.1 cm³/mol. The number of likely N-dealkylation sites (N-methyl/N-ethyl adjacent to an activating group) is 1. The van der Waals surface area contributed by atoms with Crippen LogP contribution in [0.1, 0.15) is 33.6 Å². The normalized spacial score (nSPS) is 11.9. The van der Waals surface area contributed by atoms with E-state index in [4.69, 9.17) is 4.74 Å². The number of allylic oxidation sites excluding steroid dienone is 1. The number of ether oxygens (including phenoxy) is 1. The zero-order valence-corrected chi connectivity index (χ0v) is 13.2. The highest BCUT2D eigenvalue weighted by molar-refractivity contribution is 5.95. The van der Waals surface area contributed by atoms with E-state index in [2.05, 4.69) is 11.9 Å². The van der Waals surface area contributed by atoms with Crippen LogP contribution in [0.15, 0.2) is 23.4 Å². The number of carbonyl (C=O) groups is 2. The van der Waals surface area contributed by atoms with Crippen LogP contribution in [0.5, 0.6) is 0 Å². The van der Waals surface area contributed by atoms with Crippen LogP contribution in [0, 0.1) is 0 Å². The molecule has 0 rings (SSSR count). The van der Waals surface area contributed by atoms with Crippen molar-refractivity contribution in [2.75, 3.05) is 27.2 Å². The molecule has 0 aliphatic rings. The number of nitrogens with one attached hydrogen (secondary N) is 1. The zero-order chi connectivity index (χ0) is 15.7. The number of carbonyl (C=O) groups excluding carboxylic acids is 2. The lowest BCUT2D eigenvalue weighted by Crippen LogP contribution is -2.27. The van der Waals surface area contributed by atoms with Crippen molar-refractivity contribution in [2.45, 2.75) is 33.6 Å². The largest absolute Gasteiger partial charge is 0.461 e. The van der Waals surface area contributed by atoms with E-state index in [0.29, 0.717) is 36.4 Å². The molecule has 0 heterocycles. The summed E-state index contributed by atoms with van der Waals surface area (Å²) in [5.41, 5.74) is 1.46. The molecule has 1 N–H and O–H groups in total. The van der Waals surface area contributed by atoms with Crippen LogP contribution in [0.4, 0.5) is 0 Å². The van der Waals surface area contributed by atoms with Gasteiger partial charge in [-0.25, -0.2) is 4.79 Å². The first-order valence-corrected chi connectivity index (χ1v) is 6.78. The second kappa shape index (κ2) is 9.31. The molecule has 5 nitrogen and oxygen atoms in total. The topological polar surface area (TPSA) is 58.6 Å². The number of hydrogen-bond acceptors (Lipinski definition) is 4. The molecule has 1 amide bonds. The molecule has 20 heavy (non-hydrogen) atoms. The molecule has 114 valence electrons. The van der Waals surface area contributed by atoms with Gasteiger partial charge in [0.15, 0.2) is 0 Å². The summed E-state index contributed by atoms with van der Waals surface area (Å²) in [6, 6.07) is 0. The van der Waals surface area contributed by atoms with Gasteiger partial charge >= 0.3 is 5.97 Å². The molecule has 0 saturated heterocycles. The standard InChI is InChI=1S/C15H26N2O3/c1-7-8-13(16-14(18)11(2)3)12(4)15(19)20-10-9-17(5)6/h2,7-10H2,1,3-6H3,(H,16,18). The Morgan fingerprint density at radius 2 is 1.85 bits per heavy atom. The number of hydrogen-bond donors (Lipinski definition) is 1. The van der Waals surface area contributed by atoms with E-state index in [1.165, 1.54) is 0 Å². The molecule has 0 bridgehead atoms. The molecule has 0 fully saturated rings. The molecule has 0 aromatic carbocycles. The van der Waals surface area contributed by atoms with Crippen LogP contribution < -0.4 is 5.32 Å². The summed E-state index contributed by atoms with van der Waals surface area (Å²) in [5, 5.41) is 2.73. The monoisotopic (exact) mass is 282 g/mol. The summed E-state index contributed by atoms with van der Waals surface area (Å²) >= 11 is 0. The smallest absolute Gasteiger partial charge is 0.335 e. The fraction of sp³-hybridized carbons (Fsp3) is 0.600. The van der Waals surface area contributed by atoms with Gasteiger partial charge < -0.3 is 15.0 Å². The number of nitrogens with zero attached hydrogens (tertiary/aromatic N) is 1. The van der Waals surface area contributed by atoms with Gasteiger partial charge in [0.1, 0.15) is 6.61 Å². The summed E-state index contributed by atoms with van der Waals surface area (Å²) in [6.07, 6.45) is 1.45. The van der Waals surface area contributed by atoms with Crippen molar-refractivity contribution in [3.8, 4) is 0 Å². The third-order valence-electron chi connectivity index (χ3n) is 2.68. The van der Waals surface area contributed by atoms with Gasteiger partial charge in [0.05, 0.1) is 5.57 Å². The Morgan fingerprint density at radius 1 is 1.25 bits per heavy atom. The third kappa shape index (κ3) is 7.09. The van der Waals surface area contributed by atoms with Gasteiger partial charge in [-0.15, -0.1) is 0 Å². The zero-order valence-electron chi connectivity index (χ0n) is 13.2. The van der Waals surface area contributed by atoms with Gasteiger partial charge in [-0.05, 0) is 34.4 Å². The summed E-state index contributed by atoms with van der Waals surface area (Å²) in [4.78, 5) is 25.5. The molecule has 0 atom stereocenters. The van der Waals surface area contributed by atoms with E-state index >= 15 is 0 Å². The Hall–Kier alpha value is -1.62. The van der Waals surface area contributed by atoms with E-state index in [1.54, 1.807) is 13.8 Å². The van der Waals surface area contributed by atoms with Crippen molar-refractivity contribution in [1.29, 1.82) is 0 Å². The predicted octanol–water partition coefficient (Wildman–Crippen LogP) is 1.86. The van der Waals surface area contributed by atoms with Crippen LogP contribution in [-0.4, -0.2) is 44.0 Å². The van der Waals surface area contributed by atoms with Crippen molar-refractivity contribution in [2.24, 2.45) is 0 Å². The molecule has 0 aromatic rings. The average molecular weight is 282 g/mol. The van der Waals surface area contributed by atoms with Crippen LogP contribution in [0.25, 0.3) is 0 Å². The Morgan fingerprint density at radius 3 is 2.30 bits per heavy atom. The second-order valence-corrected chi connectivity index (χ2v) is 5.03. The quantitative estimate of drug-likeness (QED) is 0.545. The minimum atomic E-state index is -0.391. The van der Waals surface area contributed by atoms with Crippen molar-refractivity contribution >= 4 is 11.9 Å². The Labute approximate surface area is 121 Å². The summed E-state index contributed by atoms with van der Waals surface area (Å²) < 4.78 is 5.17. The Bertz CT molecular complexity index is 398. The van der Waals surface area contributed by atoms with Crippen LogP contribution >= 0.6 is 0 Å². The van der Waals surface area contributed by atoms with Gasteiger partial charge in [0.2, 0.25) is 5.91 Å². The van der Waals surface area contributed by atoms with E-state index in [0.717, 1.165) is 6.42 Å². The maximum Gasteiger partial charge on any atom is 0.335 e. The van der Waals surface area contributed by atoms with Gasteiger partial charge in [-0.3, -0.25) is 4.79 Å². The van der Waals surface area contributed by atoms with Crippen LogP contribution in [-0.2, 0) is 14.3 Å². The van der Waals surface area contributed by atoms with E-state index in [9.17, 15) is 9.59 Å². The lowest BCUT2D eigenvalue weighted by Gasteiger charge is -2.14. The first-order chi connectivity index (χ1) is 9.29. The molecule has 0 aromatic heterocycles. The molecule has 0 unspecified atom stereocenters. The molecule has 0 spiro atoms. The average Bonchev–Trinajstić information content (AvgIpc) is 2.36. The van der Waals surface area contributed by atoms with E-state index < -0.39 is 5.97 Å². The lowest BCUT2D eigenvalue weighted by molar-refractivity contribution is -0.139. The molecular weight excluding hydrogens is 256 g/mol. The van der Waals surface area contributed by atoms with Crippen molar-refractivity contribution in [1.82, 2.24) is 10.2 Å². The molecule has 0 radical (unpaired) electrons. The van der Waals surface area contributed by atoms with E-state index in [1.807, 2.05) is 25.9 Å². The summed E-state index contributed by atoms with van der Waals surface area (Å²) in [6.45, 7) is 9.86. The first kappa shape index (κ1) is 18.4. The van der Waals surface area contributed by atoms with Gasteiger partial charge in [-0.2, -0.15) is 0 Å². The van der Waals surface area contributed by atoms with E-state index in [-0.39, 0.29) is 5.91 Å². The fourth-order valence-electron chi connectivity index (χ4n) is 1.39. The van der Waals surface area contributed by atoms with Gasteiger partial charge in [0, 0.05) is 17.8 Å². The molecular formula is C15H26N2O3. The minimum absolute atomic E-state index is 0.270. The molecule has 0 aliphatic heterocycles. The van der Waals surface area contributed by atoms with Crippen molar-refractivity contribution in [3.05, 3.63) is 23.4 Å². The highest BCUT2D eigenvalue weighted by Gasteiger charge is 2.14. The molecule has 5 heteroatoms. The lowest BCUT2D eigenvalue weighted by atomic mass is 10.1. The summed E-state index contributed by atoms with van der Waals surface area (Å²) in [7, 11) is 3.82. The fourth-order valence-corrected chi connectivity index (χ4v) is 1.39. The Kier molecular flexibility index (Phi) is 8.56. The number of esters is 1. The Balaban J connectivity index is 4.77. The van der Waals surface area contributed by atoms with Crippen LogP contribution in [0.2, 0.25) is 0 Å². The minimum Gasteiger partial charge on any atom is -0.461 e. The van der Waals surface area contributed by atoms with Crippen LogP contribution in [0.3, 0.4) is 0 Å². The van der Waals surface area contributed by atoms with Crippen molar-refractivity contribution in [3.63, 3.8) is 0 Å². The maximum absolute atomic E-state index is 11.9. The summed E-state index contributed by atoms with van der Waals surface area (Å²) in [5.74, 6) is -0.661.